The Morgan fingerprint density at radius 2 is 2.08 bits per heavy atom. The molecule has 0 spiro atoms. The van der Waals surface area contributed by atoms with Gasteiger partial charge in [-0.25, -0.2) is 8.42 Å². The topological polar surface area (TPSA) is 75.7 Å². The number of ether oxygens (including phenoxy) is 1. The maximum atomic E-state index is 12.9. The summed E-state index contributed by atoms with van der Waals surface area (Å²) in [7, 11) is -1.45. The minimum absolute atomic E-state index is 0. The lowest BCUT2D eigenvalue weighted by atomic mass is 9.99. The van der Waals surface area contributed by atoms with Gasteiger partial charge in [0, 0.05) is 25.2 Å². The van der Waals surface area contributed by atoms with E-state index >= 15 is 0 Å². The van der Waals surface area contributed by atoms with Crippen molar-refractivity contribution in [2.24, 2.45) is 5.92 Å². The zero-order valence-electron chi connectivity index (χ0n) is 13.6. The third-order valence-electron chi connectivity index (χ3n) is 4.61. The lowest BCUT2D eigenvalue weighted by molar-refractivity contribution is -0.138. The van der Waals surface area contributed by atoms with Gasteiger partial charge in [-0.3, -0.25) is 4.79 Å². The van der Waals surface area contributed by atoms with Crippen LogP contribution in [0.25, 0.3) is 0 Å². The summed E-state index contributed by atoms with van der Waals surface area (Å²) in [6.07, 6.45) is 0.434. The summed E-state index contributed by atoms with van der Waals surface area (Å²) in [5.41, 5.74) is 0.955. The van der Waals surface area contributed by atoms with Gasteiger partial charge in [0.15, 0.2) is 9.84 Å². The second-order valence-electron chi connectivity index (χ2n) is 6.09. The van der Waals surface area contributed by atoms with Crippen LogP contribution in [0.3, 0.4) is 0 Å². The summed E-state index contributed by atoms with van der Waals surface area (Å²) in [4.78, 5) is 14.7. The number of hydrogen-bond donors (Lipinski definition) is 1. The molecule has 2 aliphatic rings. The molecule has 8 heteroatoms. The van der Waals surface area contributed by atoms with E-state index in [0.717, 1.165) is 17.9 Å². The molecule has 134 valence electrons. The molecule has 0 aromatic heterocycles. The third-order valence-corrected chi connectivity index (χ3v) is 6.37. The Labute approximate surface area is 148 Å². The van der Waals surface area contributed by atoms with Crippen LogP contribution in [-0.2, 0) is 14.6 Å². The highest BCUT2D eigenvalue weighted by atomic mass is 35.5. The number of carbonyl (C=O) groups excluding carboxylic acids is 1. The Hall–Kier alpha value is -1.31. The summed E-state index contributed by atoms with van der Waals surface area (Å²) >= 11 is 0. The van der Waals surface area contributed by atoms with Gasteiger partial charge >= 0.3 is 0 Å². The van der Waals surface area contributed by atoms with Gasteiger partial charge in [-0.2, -0.15) is 0 Å². The molecule has 0 bridgehead atoms. The van der Waals surface area contributed by atoms with E-state index < -0.39 is 15.8 Å². The van der Waals surface area contributed by atoms with Crippen LogP contribution in [0.4, 0.5) is 0 Å². The van der Waals surface area contributed by atoms with Crippen LogP contribution >= 0.6 is 12.4 Å². The quantitative estimate of drug-likeness (QED) is 0.855. The van der Waals surface area contributed by atoms with E-state index in [1.807, 2.05) is 29.2 Å². The lowest BCUT2D eigenvalue weighted by Gasteiger charge is -2.38. The smallest absolute Gasteiger partial charge is 0.227 e. The maximum Gasteiger partial charge on any atom is 0.227 e. The van der Waals surface area contributed by atoms with Crippen molar-refractivity contribution in [3.05, 3.63) is 29.8 Å². The summed E-state index contributed by atoms with van der Waals surface area (Å²) in [5, 5.41) is 3.31. The standard InChI is InChI=1S/C16H22N2O4S.ClH/c1-22-15-5-3-2-4-13(15)14-10-17-7-8-18(14)16(19)12-6-9-23(20,21)11-12;/h2-5,12,14,17H,6-11H2,1H3;1H. The van der Waals surface area contributed by atoms with E-state index in [4.69, 9.17) is 4.74 Å². The predicted octanol–water partition coefficient (Wildman–Crippen LogP) is 1.02. The number of nitrogens with one attached hydrogen (secondary N) is 1. The molecule has 2 saturated heterocycles. The number of carbonyl (C=O) groups is 1. The molecule has 2 unspecified atom stereocenters. The molecule has 2 aliphatic heterocycles. The van der Waals surface area contributed by atoms with E-state index in [0.29, 0.717) is 19.5 Å². The van der Waals surface area contributed by atoms with Crippen molar-refractivity contribution in [2.75, 3.05) is 38.2 Å². The van der Waals surface area contributed by atoms with Gasteiger partial charge in [-0.05, 0) is 12.5 Å². The Morgan fingerprint density at radius 3 is 2.75 bits per heavy atom. The molecule has 2 fully saturated rings. The van der Waals surface area contributed by atoms with Crippen molar-refractivity contribution in [1.82, 2.24) is 10.2 Å². The number of halogens is 1. The van der Waals surface area contributed by atoms with Crippen molar-refractivity contribution in [3.63, 3.8) is 0 Å². The van der Waals surface area contributed by atoms with Crippen LogP contribution in [0.5, 0.6) is 5.75 Å². The number of para-hydroxylation sites is 1. The summed E-state index contributed by atoms with van der Waals surface area (Å²) in [6, 6.07) is 7.54. The molecule has 2 heterocycles. The number of amides is 1. The number of rotatable bonds is 3. The molecule has 1 aromatic carbocycles. The number of nitrogens with zero attached hydrogens (tertiary/aromatic N) is 1. The highest BCUT2D eigenvalue weighted by molar-refractivity contribution is 7.91. The fourth-order valence-corrected chi connectivity index (χ4v) is 5.14. The first-order chi connectivity index (χ1) is 11.0. The fraction of sp³-hybridized carbons (Fsp3) is 0.562. The van der Waals surface area contributed by atoms with Crippen LogP contribution in [-0.4, -0.2) is 57.5 Å². The number of hydrogen-bond acceptors (Lipinski definition) is 5. The van der Waals surface area contributed by atoms with E-state index in [1.165, 1.54) is 0 Å². The van der Waals surface area contributed by atoms with Crippen molar-refractivity contribution in [3.8, 4) is 5.75 Å². The van der Waals surface area contributed by atoms with E-state index in [-0.39, 0.29) is 35.9 Å². The van der Waals surface area contributed by atoms with Crippen molar-refractivity contribution < 1.29 is 17.9 Å². The molecule has 3 rings (SSSR count). The minimum atomic E-state index is -3.06. The third kappa shape index (κ3) is 3.84. The number of piperazine rings is 1. The Morgan fingerprint density at radius 1 is 1.33 bits per heavy atom. The molecule has 1 N–H and O–H groups in total. The van der Waals surface area contributed by atoms with Gasteiger partial charge in [0.2, 0.25) is 5.91 Å². The van der Waals surface area contributed by atoms with Gasteiger partial charge in [0.25, 0.3) is 0 Å². The Kier molecular flexibility index (Phi) is 6.11. The molecule has 0 aliphatic carbocycles. The van der Waals surface area contributed by atoms with Gasteiger partial charge in [-0.15, -0.1) is 12.4 Å². The maximum absolute atomic E-state index is 12.9. The second kappa shape index (κ2) is 7.72. The fourth-order valence-electron chi connectivity index (χ4n) is 3.41. The highest BCUT2D eigenvalue weighted by Crippen LogP contribution is 2.32. The number of benzene rings is 1. The lowest BCUT2D eigenvalue weighted by Crippen LogP contribution is -2.50. The molecular formula is C16H23ClN2O4S. The molecule has 24 heavy (non-hydrogen) atoms. The van der Waals surface area contributed by atoms with Gasteiger partial charge in [0.05, 0.1) is 30.6 Å². The van der Waals surface area contributed by atoms with Crippen LogP contribution in [0, 0.1) is 5.92 Å². The zero-order valence-corrected chi connectivity index (χ0v) is 15.2. The Balaban J connectivity index is 0.00000208. The molecule has 1 amide bonds. The van der Waals surface area contributed by atoms with Crippen LogP contribution < -0.4 is 10.1 Å². The molecule has 2 atom stereocenters. The van der Waals surface area contributed by atoms with E-state index in [2.05, 4.69) is 5.32 Å². The highest BCUT2D eigenvalue weighted by Gasteiger charge is 2.39. The minimum Gasteiger partial charge on any atom is -0.496 e. The first-order valence-electron chi connectivity index (χ1n) is 7.86. The first kappa shape index (κ1) is 19.0. The predicted molar refractivity (Wildman–Crippen MR) is 94.3 cm³/mol. The largest absolute Gasteiger partial charge is 0.496 e. The molecule has 1 aromatic rings. The van der Waals surface area contributed by atoms with E-state index in [1.54, 1.807) is 7.11 Å². The van der Waals surface area contributed by atoms with Crippen molar-refractivity contribution in [2.45, 2.75) is 12.5 Å². The molecule has 0 radical (unpaired) electrons. The van der Waals surface area contributed by atoms with Gasteiger partial charge < -0.3 is 15.0 Å². The molecule has 0 saturated carbocycles. The van der Waals surface area contributed by atoms with Crippen LogP contribution in [0.2, 0.25) is 0 Å². The SMILES string of the molecule is COc1ccccc1C1CNCCN1C(=O)C1CCS(=O)(=O)C1.Cl. The van der Waals surface area contributed by atoms with Gasteiger partial charge in [0.1, 0.15) is 5.75 Å². The normalized spacial score (nSPS) is 25.8. The number of methoxy groups -OCH3 is 1. The van der Waals surface area contributed by atoms with Crippen molar-refractivity contribution in [1.29, 1.82) is 0 Å². The average Bonchev–Trinajstić information content (AvgIpc) is 2.94. The average molecular weight is 375 g/mol. The second-order valence-corrected chi connectivity index (χ2v) is 8.32. The number of sulfone groups is 1. The monoisotopic (exact) mass is 374 g/mol. The first-order valence-corrected chi connectivity index (χ1v) is 9.68. The summed E-state index contributed by atoms with van der Waals surface area (Å²) in [6.45, 7) is 1.94. The van der Waals surface area contributed by atoms with E-state index in [9.17, 15) is 13.2 Å². The molecule has 6 nitrogen and oxygen atoms in total. The Bertz CT molecular complexity index is 695. The zero-order chi connectivity index (χ0) is 16.4. The summed E-state index contributed by atoms with van der Waals surface area (Å²) < 4.78 is 28.8. The van der Waals surface area contributed by atoms with Crippen LogP contribution in [0.1, 0.15) is 18.0 Å². The van der Waals surface area contributed by atoms with Crippen molar-refractivity contribution >= 4 is 28.2 Å². The summed E-state index contributed by atoms with van der Waals surface area (Å²) in [5.74, 6) is 0.389. The molecular weight excluding hydrogens is 352 g/mol. The van der Waals surface area contributed by atoms with Crippen LogP contribution in [0.15, 0.2) is 24.3 Å². The van der Waals surface area contributed by atoms with Gasteiger partial charge in [-0.1, -0.05) is 18.2 Å².